The van der Waals surface area contributed by atoms with Crippen LogP contribution in [-0.2, 0) is 6.42 Å². The second-order valence-corrected chi connectivity index (χ2v) is 3.12. The van der Waals surface area contributed by atoms with E-state index in [4.69, 9.17) is 5.11 Å². The van der Waals surface area contributed by atoms with Gasteiger partial charge >= 0.3 is 5.97 Å². The smallest absolute Gasteiger partial charge is 0.336 e. The van der Waals surface area contributed by atoms with Crippen LogP contribution in [0.5, 0.6) is 0 Å². The van der Waals surface area contributed by atoms with Gasteiger partial charge in [-0.25, -0.2) is 4.79 Å². The minimum absolute atomic E-state index is 0.0195. The maximum absolute atomic E-state index is 10.8. The molecule has 0 saturated heterocycles. The van der Waals surface area contributed by atoms with E-state index in [1.807, 2.05) is 6.92 Å². The van der Waals surface area contributed by atoms with Crippen molar-refractivity contribution in [1.29, 1.82) is 0 Å². The molecular formula is C10H11NO4. The molecule has 5 nitrogen and oxygen atoms in total. The molecule has 0 heterocycles. The predicted octanol–water partition coefficient (Wildman–Crippen LogP) is 2.25. The van der Waals surface area contributed by atoms with Crippen LogP contribution in [0.3, 0.4) is 0 Å². The summed E-state index contributed by atoms with van der Waals surface area (Å²) in [6.45, 7) is 1.85. The highest BCUT2D eigenvalue weighted by Crippen LogP contribution is 2.23. The molecule has 1 aromatic rings. The Morgan fingerprint density at radius 2 is 2.20 bits per heavy atom. The first kappa shape index (κ1) is 11.2. The predicted molar refractivity (Wildman–Crippen MR) is 54.1 cm³/mol. The molecule has 15 heavy (non-hydrogen) atoms. The normalized spacial score (nSPS) is 9.93. The Bertz CT molecular complexity index is 368. The zero-order valence-corrected chi connectivity index (χ0v) is 8.27. The van der Waals surface area contributed by atoms with Crippen molar-refractivity contribution in [3.63, 3.8) is 0 Å². The van der Waals surface area contributed by atoms with Gasteiger partial charge in [0.15, 0.2) is 0 Å². The second kappa shape index (κ2) is 4.54. The molecule has 0 aliphatic heterocycles. The molecule has 0 spiro atoms. The van der Waals surface area contributed by atoms with Crippen LogP contribution in [0.4, 0.5) is 5.69 Å². The number of carbonyl (C=O) groups is 1. The minimum atomic E-state index is -1.12. The molecule has 1 rings (SSSR count). The number of carboxylic acid groups (broad SMARTS) is 1. The molecule has 0 atom stereocenters. The van der Waals surface area contributed by atoms with E-state index in [9.17, 15) is 14.9 Å². The lowest BCUT2D eigenvalue weighted by atomic mass is 10.0. The number of hydrogen-bond acceptors (Lipinski definition) is 3. The highest BCUT2D eigenvalue weighted by atomic mass is 16.6. The van der Waals surface area contributed by atoms with Gasteiger partial charge in [0, 0.05) is 11.6 Å². The highest BCUT2D eigenvalue weighted by Gasteiger charge is 2.19. The molecule has 0 bridgehead atoms. The standard InChI is InChI=1S/C10H11NO4/c1-2-4-7-8(10(12)13)5-3-6-9(7)11(14)15/h3,5-6H,2,4H2,1H3,(H,12,13). The van der Waals surface area contributed by atoms with Gasteiger partial charge < -0.3 is 5.11 Å². The quantitative estimate of drug-likeness (QED) is 0.609. The summed E-state index contributed by atoms with van der Waals surface area (Å²) in [5, 5.41) is 19.6. The lowest BCUT2D eigenvalue weighted by molar-refractivity contribution is -0.385. The van der Waals surface area contributed by atoms with Gasteiger partial charge in [0.1, 0.15) is 0 Å². The number of aromatic carboxylic acids is 1. The summed E-state index contributed by atoms with van der Waals surface area (Å²) in [4.78, 5) is 21.0. The average molecular weight is 209 g/mol. The number of nitro groups is 1. The number of nitrogens with zero attached hydrogens (tertiary/aromatic N) is 1. The fourth-order valence-electron chi connectivity index (χ4n) is 1.46. The van der Waals surface area contributed by atoms with Crippen LogP contribution in [-0.4, -0.2) is 16.0 Å². The van der Waals surface area contributed by atoms with Crippen molar-refractivity contribution in [3.8, 4) is 0 Å². The van der Waals surface area contributed by atoms with Crippen molar-refractivity contribution in [2.45, 2.75) is 19.8 Å². The van der Waals surface area contributed by atoms with Crippen LogP contribution in [0.15, 0.2) is 18.2 Å². The first-order valence-electron chi connectivity index (χ1n) is 4.57. The fourth-order valence-corrected chi connectivity index (χ4v) is 1.46. The van der Waals surface area contributed by atoms with Crippen LogP contribution >= 0.6 is 0 Å². The minimum Gasteiger partial charge on any atom is -0.478 e. The maximum atomic E-state index is 10.8. The van der Waals surface area contributed by atoms with Crippen LogP contribution in [0.1, 0.15) is 29.3 Å². The third-order valence-electron chi connectivity index (χ3n) is 2.08. The highest BCUT2D eigenvalue weighted by molar-refractivity contribution is 5.90. The molecule has 1 N–H and O–H groups in total. The third kappa shape index (κ3) is 2.31. The molecular weight excluding hydrogens is 198 g/mol. The third-order valence-corrected chi connectivity index (χ3v) is 2.08. The summed E-state index contributed by atoms with van der Waals surface area (Å²) in [6, 6.07) is 4.11. The molecule has 0 unspecified atom stereocenters. The van der Waals surface area contributed by atoms with Gasteiger partial charge in [0.2, 0.25) is 0 Å². The monoisotopic (exact) mass is 209 g/mol. The fraction of sp³-hybridized carbons (Fsp3) is 0.300. The number of nitro benzene ring substituents is 1. The average Bonchev–Trinajstić information content (AvgIpc) is 2.17. The Morgan fingerprint density at radius 1 is 1.53 bits per heavy atom. The van der Waals surface area contributed by atoms with Gasteiger partial charge in [-0.1, -0.05) is 19.4 Å². The molecule has 0 aliphatic rings. The van der Waals surface area contributed by atoms with Crippen molar-refractivity contribution >= 4 is 11.7 Å². The summed E-state index contributed by atoms with van der Waals surface area (Å²) in [7, 11) is 0. The topological polar surface area (TPSA) is 80.4 Å². The Kier molecular flexibility index (Phi) is 3.38. The first-order chi connectivity index (χ1) is 7.07. The zero-order valence-electron chi connectivity index (χ0n) is 8.27. The van der Waals surface area contributed by atoms with Crippen molar-refractivity contribution in [3.05, 3.63) is 39.4 Å². The van der Waals surface area contributed by atoms with Crippen LogP contribution in [0.25, 0.3) is 0 Å². The summed E-state index contributed by atoms with van der Waals surface area (Å²) in [5.41, 5.74) is 0.209. The van der Waals surface area contributed by atoms with Gasteiger partial charge in [-0.2, -0.15) is 0 Å². The van der Waals surface area contributed by atoms with Crippen LogP contribution < -0.4 is 0 Å². The van der Waals surface area contributed by atoms with Crippen LogP contribution in [0, 0.1) is 10.1 Å². The molecule has 0 aromatic heterocycles. The Labute approximate surface area is 86.5 Å². The summed E-state index contributed by atoms with van der Waals surface area (Å²) in [6.07, 6.45) is 1.07. The van der Waals surface area contributed by atoms with E-state index in [0.717, 1.165) is 0 Å². The molecule has 0 fully saturated rings. The molecule has 5 heteroatoms. The van der Waals surface area contributed by atoms with Crippen molar-refractivity contribution in [1.82, 2.24) is 0 Å². The Balaban J connectivity index is 3.34. The van der Waals surface area contributed by atoms with E-state index >= 15 is 0 Å². The Morgan fingerprint density at radius 3 is 2.67 bits per heavy atom. The number of carboxylic acids is 1. The van der Waals surface area contributed by atoms with Crippen molar-refractivity contribution in [2.75, 3.05) is 0 Å². The number of hydrogen-bond donors (Lipinski definition) is 1. The second-order valence-electron chi connectivity index (χ2n) is 3.12. The molecule has 80 valence electrons. The molecule has 0 aliphatic carbocycles. The number of rotatable bonds is 4. The van der Waals surface area contributed by atoms with Crippen molar-refractivity contribution < 1.29 is 14.8 Å². The largest absolute Gasteiger partial charge is 0.478 e. The van der Waals surface area contributed by atoms with Gasteiger partial charge in [0.25, 0.3) is 5.69 Å². The summed E-state index contributed by atoms with van der Waals surface area (Å²) in [5.74, 6) is -1.12. The molecule has 0 radical (unpaired) electrons. The van der Waals surface area contributed by atoms with E-state index < -0.39 is 10.9 Å². The molecule has 0 amide bonds. The lowest BCUT2D eigenvalue weighted by Crippen LogP contribution is -2.05. The Hall–Kier alpha value is -1.91. The van der Waals surface area contributed by atoms with Gasteiger partial charge in [-0.15, -0.1) is 0 Å². The summed E-state index contributed by atoms with van der Waals surface area (Å²) >= 11 is 0. The van der Waals surface area contributed by atoms with Gasteiger partial charge in [-0.3, -0.25) is 10.1 Å². The summed E-state index contributed by atoms with van der Waals surface area (Å²) < 4.78 is 0. The SMILES string of the molecule is CCCc1c(C(=O)O)cccc1[N+](=O)[O-]. The van der Waals surface area contributed by atoms with E-state index in [1.54, 1.807) is 0 Å². The maximum Gasteiger partial charge on any atom is 0.336 e. The van der Waals surface area contributed by atoms with Crippen LogP contribution in [0.2, 0.25) is 0 Å². The van der Waals surface area contributed by atoms with Crippen molar-refractivity contribution in [2.24, 2.45) is 0 Å². The lowest BCUT2D eigenvalue weighted by Gasteiger charge is -2.04. The van der Waals surface area contributed by atoms with Gasteiger partial charge in [0.05, 0.1) is 10.5 Å². The molecule has 0 saturated carbocycles. The van der Waals surface area contributed by atoms with E-state index in [-0.39, 0.29) is 11.3 Å². The van der Waals surface area contributed by atoms with Gasteiger partial charge in [-0.05, 0) is 12.5 Å². The molecule has 1 aromatic carbocycles. The van der Waals surface area contributed by atoms with E-state index in [1.165, 1.54) is 18.2 Å². The zero-order chi connectivity index (χ0) is 11.4. The van der Waals surface area contributed by atoms with E-state index in [2.05, 4.69) is 0 Å². The number of benzene rings is 1. The first-order valence-corrected chi connectivity index (χ1v) is 4.57. The van der Waals surface area contributed by atoms with E-state index in [0.29, 0.717) is 18.4 Å².